The van der Waals surface area contributed by atoms with Crippen molar-refractivity contribution >= 4 is 0 Å². The molecular formula is C13H25NO4. The van der Waals surface area contributed by atoms with Crippen molar-refractivity contribution in [1.82, 2.24) is 5.32 Å². The van der Waals surface area contributed by atoms with E-state index in [1.54, 1.807) is 14.2 Å². The van der Waals surface area contributed by atoms with Crippen LogP contribution in [-0.2, 0) is 18.9 Å². The van der Waals surface area contributed by atoms with Crippen molar-refractivity contribution in [2.45, 2.75) is 43.6 Å². The summed E-state index contributed by atoms with van der Waals surface area (Å²) in [5.41, 5.74) is -0.158. The molecule has 1 saturated heterocycles. The van der Waals surface area contributed by atoms with E-state index in [-0.39, 0.29) is 17.8 Å². The topological polar surface area (TPSA) is 49.0 Å². The van der Waals surface area contributed by atoms with Crippen LogP contribution in [0.25, 0.3) is 0 Å². The minimum Gasteiger partial charge on any atom is -0.378 e. The van der Waals surface area contributed by atoms with Crippen molar-refractivity contribution in [2.24, 2.45) is 0 Å². The fraction of sp³-hybridized carbons (Fsp3) is 1.00. The monoisotopic (exact) mass is 259 g/mol. The number of hydrogen-bond acceptors (Lipinski definition) is 5. The zero-order valence-electron chi connectivity index (χ0n) is 11.6. The van der Waals surface area contributed by atoms with Crippen molar-refractivity contribution < 1.29 is 18.9 Å². The molecular weight excluding hydrogens is 234 g/mol. The predicted octanol–water partition coefficient (Wildman–Crippen LogP) is 0.574. The number of methoxy groups -OCH3 is 2. The molecule has 0 aromatic heterocycles. The molecule has 5 nitrogen and oxygen atoms in total. The average molecular weight is 259 g/mol. The van der Waals surface area contributed by atoms with Gasteiger partial charge in [0.1, 0.15) is 5.60 Å². The van der Waals surface area contributed by atoms with Crippen molar-refractivity contribution in [3.05, 3.63) is 0 Å². The second-order valence-corrected chi connectivity index (χ2v) is 5.11. The summed E-state index contributed by atoms with van der Waals surface area (Å²) in [6.07, 6.45) is 2.35. The zero-order chi connectivity index (χ0) is 13.0. The Morgan fingerprint density at radius 3 is 2.78 bits per heavy atom. The second kappa shape index (κ2) is 6.30. The maximum absolute atomic E-state index is 5.61. The Hall–Kier alpha value is -0.200. The molecule has 0 amide bonds. The van der Waals surface area contributed by atoms with Gasteiger partial charge >= 0.3 is 0 Å². The predicted molar refractivity (Wildman–Crippen MR) is 67.8 cm³/mol. The highest BCUT2D eigenvalue weighted by Crippen LogP contribution is 2.28. The molecule has 2 fully saturated rings. The first-order valence-corrected chi connectivity index (χ1v) is 6.75. The minimum absolute atomic E-state index is 0.154. The van der Waals surface area contributed by atoms with Crippen LogP contribution in [0.5, 0.6) is 0 Å². The van der Waals surface area contributed by atoms with E-state index in [4.69, 9.17) is 18.9 Å². The summed E-state index contributed by atoms with van der Waals surface area (Å²) in [5.74, 6) is 0. The molecule has 2 aliphatic rings. The molecule has 0 aromatic rings. The number of ether oxygens (including phenoxy) is 4. The lowest BCUT2D eigenvalue weighted by Gasteiger charge is -2.44. The van der Waals surface area contributed by atoms with Crippen molar-refractivity contribution in [3.8, 4) is 0 Å². The molecule has 1 aliphatic carbocycles. The quantitative estimate of drug-likeness (QED) is 0.724. The van der Waals surface area contributed by atoms with Gasteiger partial charge in [0.05, 0.1) is 18.8 Å². The first kappa shape index (κ1) is 14.2. The largest absolute Gasteiger partial charge is 0.378 e. The molecule has 1 saturated carbocycles. The molecule has 4 atom stereocenters. The van der Waals surface area contributed by atoms with Crippen molar-refractivity contribution in [2.75, 3.05) is 40.6 Å². The summed E-state index contributed by atoms with van der Waals surface area (Å²) in [6, 6.07) is 0.360. The third-order valence-corrected chi connectivity index (χ3v) is 4.09. The maximum atomic E-state index is 5.61. The van der Waals surface area contributed by atoms with E-state index in [0.717, 1.165) is 32.6 Å². The van der Waals surface area contributed by atoms with E-state index in [1.165, 1.54) is 0 Å². The van der Waals surface area contributed by atoms with Crippen LogP contribution in [0.3, 0.4) is 0 Å². The Morgan fingerprint density at radius 1 is 1.39 bits per heavy atom. The summed E-state index contributed by atoms with van der Waals surface area (Å²) in [7, 11) is 3.50. The SMILES string of the molecule is CCOC1CC(NCC2(OC)CCOC2)C1OC. The molecule has 18 heavy (non-hydrogen) atoms. The van der Waals surface area contributed by atoms with E-state index in [0.29, 0.717) is 12.6 Å². The van der Waals surface area contributed by atoms with Gasteiger partial charge in [-0.3, -0.25) is 0 Å². The summed E-state index contributed by atoms with van der Waals surface area (Å²) < 4.78 is 22.1. The van der Waals surface area contributed by atoms with Gasteiger partial charge in [-0.1, -0.05) is 0 Å². The van der Waals surface area contributed by atoms with Gasteiger partial charge in [-0.25, -0.2) is 0 Å². The molecule has 1 aliphatic heterocycles. The van der Waals surface area contributed by atoms with Gasteiger partial charge in [-0.15, -0.1) is 0 Å². The smallest absolute Gasteiger partial charge is 0.106 e. The fourth-order valence-corrected chi connectivity index (χ4v) is 2.75. The Bertz CT molecular complexity index is 255. The highest BCUT2D eigenvalue weighted by molar-refractivity contribution is 4.99. The highest BCUT2D eigenvalue weighted by Gasteiger charge is 2.44. The molecule has 106 valence electrons. The van der Waals surface area contributed by atoms with Gasteiger partial charge in [0.15, 0.2) is 0 Å². The molecule has 2 rings (SSSR count). The lowest BCUT2D eigenvalue weighted by Crippen LogP contribution is -2.62. The van der Waals surface area contributed by atoms with E-state index in [9.17, 15) is 0 Å². The Balaban J connectivity index is 1.77. The molecule has 1 heterocycles. The van der Waals surface area contributed by atoms with Crippen LogP contribution in [0.15, 0.2) is 0 Å². The van der Waals surface area contributed by atoms with Crippen molar-refractivity contribution in [1.29, 1.82) is 0 Å². The summed E-state index contributed by atoms with van der Waals surface area (Å²) in [4.78, 5) is 0. The zero-order valence-corrected chi connectivity index (χ0v) is 11.6. The second-order valence-electron chi connectivity index (χ2n) is 5.11. The Kier molecular flexibility index (Phi) is 4.98. The first-order chi connectivity index (χ1) is 8.74. The number of nitrogens with one attached hydrogen (secondary N) is 1. The van der Waals surface area contributed by atoms with Crippen LogP contribution in [0.1, 0.15) is 19.8 Å². The standard InChI is InChI=1S/C13H25NO4/c1-4-18-11-7-10(12(11)15-2)14-8-13(16-3)5-6-17-9-13/h10-12,14H,4-9H2,1-3H3. The highest BCUT2D eigenvalue weighted by atomic mass is 16.6. The molecule has 0 radical (unpaired) electrons. The van der Waals surface area contributed by atoms with Crippen LogP contribution in [0.2, 0.25) is 0 Å². The molecule has 0 spiro atoms. The summed E-state index contributed by atoms with van der Waals surface area (Å²) in [5, 5.41) is 3.53. The summed E-state index contributed by atoms with van der Waals surface area (Å²) in [6.45, 7) is 5.04. The van der Waals surface area contributed by atoms with E-state index < -0.39 is 0 Å². The van der Waals surface area contributed by atoms with Crippen LogP contribution in [-0.4, -0.2) is 64.4 Å². The lowest BCUT2D eigenvalue weighted by atomic mass is 9.84. The van der Waals surface area contributed by atoms with Gasteiger partial charge in [-0.2, -0.15) is 0 Å². The Labute approximate surface area is 109 Å². The lowest BCUT2D eigenvalue weighted by molar-refractivity contribution is -0.135. The van der Waals surface area contributed by atoms with Crippen LogP contribution >= 0.6 is 0 Å². The molecule has 4 unspecified atom stereocenters. The number of hydrogen-bond donors (Lipinski definition) is 1. The minimum atomic E-state index is -0.158. The third kappa shape index (κ3) is 2.86. The van der Waals surface area contributed by atoms with Gasteiger partial charge in [0.2, 0.25) is 0 Å². The van der Waals surface area contributed by atoms with Crippen LogP contribution in [0.4, 0.5) is 0 Å². The maximum Gasteiger partial charge on any atom is 0.106 e. The van der Waals surface area contributed by atoms with Gasteiger partial charge in [0, 0.05) is 46.4 Å². The number of rotatable bonds is 7. The van der Waals surface area contributed by atoms with Gasteiger partial charge in [0.25, 0.3) is 0 Å². The third-order valence-electron chi connectivity index (χ3n) is 4.09. The summed E-state index contributed by atoms with van der Waals surface area (Å²) >= 11 is 0. The van der Waals surface area contributed by atoms with Crippen molar-refractivity contribution in [3.63, 3.8) is 0 Å². The molecule has 0 bridgehead atoms. The molecule has 5 heteroatoms. The molecule has 1 N–H and O–H groups in total. The van der Waals surface area contributed by atoms with Crippen LogP contribution < -0.4 is 5.32 Å². The van der Waals surface area contributed by atoms with E-state index in [2.05, 4.69) is 5.32 Å². The van der Waals surface area contributed by atoms with E-state index in [1.807, 2.05) is 6.92 Å². The van der Waals surface area contributed by atoms with E-state index >= 15 is 0 Å². The van der Waals surface area contributed by atoms with Crippen LogP contribution in [0, 0.1) is 0 Å². The molecule has 0 aromatic carbocycles. The Morgan fingerprint density at radius 2 is 2.22 bits per heavy atom. The fourth-order valence-electron chi connectivity index (χ4n) is 2.75. The van der Waals surface area contributed by atoms with Gasteiger partial charge in [-0.05, 0) is 13.3 Å². The first-order valence-electron chi connectivity index (χ1n) is 6.75. The van der Waals surface area contributed by atoms with Gasteiger partial charge < -0.3 is 24.3 Å². The normalized spacial score (nSPS) is 39.8. The average Bonchev–Trinajstić information content (AvgIpc) is 2.82.